The quantitative estimate of drug-likeness (QED) is 0.758. The molecule has 0 heterocycles. The summed E-state index contributed by atoms with van der Waals surface area (Å²) in [7, 11) is 2.07. The molecule has 100 valence electrons. The van der Waals surface area contributed by atoms with E-state index in [9.17, 15) is 9.90 Å². The molecule has 0 fully saturated rings. The third-order valence-corrected chi connectivity index (χ3v) is 2.96. The van der Waals surface area contributed by atoms with Gasteiger partial charge in [-0.05, 0) is 52.1 Å². The number of hydrogen-bond acceptors (Lipinski definition) is 3. The lowest BCUT2D eigenvalue weighted by Crippen LogP contribution is -2.31. The van der Waals surface area contributed by atoms with Crippen LogP contribution in [0.2, 0.25) is 0 Å². The fourth-order valence-electron chi connectivity index (χ4n) is 1.54. The first-order valence-electron chi connectivity index (χ1n) is 6.28. The summed E-state index contributed by atoms with van der Waals surface area (Å²) in [5, 5.41) is 12.1. The molecule has 0 saturated carbocycles. The van der Waals surface area contributed by atoms with Crippen molar-refractivity contribution in [2.45, 2.75) is 26.3 Å². The van der Waals surface area contributed by atoms with Gasteiger partial charge < -0.3 is 15.3 Å². The zero-order valence-electron chi connectivity index (χ0n) is 11.3. The summed E-state index contributed by atoms with van der Waals surface area (Å²) in [5.74, 6) is -0.0275. The van der Waals surface area contributed by atoms with Gasteiger partial charge in [-0.15, -0.1) is 0 Å². The van der Waals surface area contributed by atoms with E-state index in [2.05, 4.69) is 31.1 Å². The molecule has 0 radical (unpaired) electrons. The van der Waals surface area contributed by atoms with E-state index in [0.29, 0.717) is 18.2 Å². The smallest absolute Gasteiger partial charge is 0.251 e. The fraction of sp³-hybridized carbons (Fsp3) is 0.500. The van der Waals surface area contributed by atoms with Crippen LogP contribution in [0.1, 0.15) is 30.6 Å². The van der Waals surface area contributed by atoms with E-state index < -0.39 is 0 Å². The second-order valence-electron chi connectivity index (χ2n) is 4.73. The first kappa shape index (κ1) is 14.5. The number of hydrogen-bond donors (Lipinski definition) is 2. The zero-order valence-corrected chi connectivity index (χ0v) is 11.3. The highest BCUT2D eigenvalue weighted by Gasteiger charge is 2.06. The Kier molecular flexibility index (Phi) is 5.65. The summed E-state index contributed by atoms with van der Waals surface area (Å²) in [4.78, 5) is 14.0. The number of amides is 1. The number of carbonyl (C=O) groups excluding carboxylic acids is 1. The molecular formula is C14H22N2O2. The summed E-state index contributed by atoms with van der Waals surface area (Å²) < 4.78 is 0. The summed E-state index contributed by atoms with van der Waals surface area (Å²) in [6.45, 7) is 5.89. The average molecular weight is 250 g/mol. The summed E-state index contributed by atoms with van der Waals surface area (Å²) in [6, 6.07) is 6.89. The van der Waals surface area contributed by atoms with Crippen LogP contribution in [0.3, 0.4) is 0 Å². The number of phenolic OH excluding ortho intramolecular Hbond substituents is 1. The van der Waals surface area contributed by atoms with Gasteiger partial charge in [0.15, 0.2) is 0 Å². The molecule has 2 N–H and O–H groups in total. The predicted octanol–water partition coefficient (Wildman–Crippen LogP) is 1.85. The molecule has 0 aliphatic rings. The van der Waals surface area contributed by atoms with Crippen molar-refractivity contribution in [3.05, 3.63) is 29.8 Å². The van der Waals surface area contributed by atoms with Gasteiger partial charge >= 0.3 is 0 Å². The van der Waals surface area contributed by atoms with Crippen LogP contribution in [-0.2, 0) is 0 Å². The molecule has 0 aliphatic heterocycles. The molecule has 0 saturated heterocycles. The molecule has 18 heavy (non-hydrogen) atoms. The van der Waals surface area contributed by atoms with Crippen LogP contribution in [-0.4, -0.2) is 42.1 Å². The number of nitrogens with one attached hydrogen (secondary N) is 1. The Labute approximate surface area is 109 Å². The third kappa shape index (κ3) is 4.75. The van der Waals surface area contributed by atoms with Gasteiger partial charge in [0, 0.05) is 18.2 Å². The highest BCUT2D eigenvalue weighted by atomic mass is 16.3. The Morgan fingerprint density at radius 1 is 1.44 bits per heavy atom. The Morgan fingerprint density at radius 2 is 2.17 bits per heavy atom. The Hall–Kier alpha value is -1.55. The van der Waals surface area contributed by atoms with Gasteiger partial charge in [-0.3, -0.25) is 4.79 Å². The van der Waals surface area contributed by atoms with Gasteiger partial charge in [-0.1, -0.05) is 6.07 Å². The van der Waals surface area contributed by atoms with Crippen LogP contribution >= 0.6 is 0 Å². The molecule has 0 bridgehead atoms. The van der Waals surface area contributed by atoms with Crippen molar-refractivity contribution < 1.29 is 9.90 Å². The molecule has 1 rings (SSSR count). The van der Waals surface area contributed by atoms with Gasteiger partial charge in [0.05, 0.1) is 0 Å². The minimum Gasteiger partial charge on any atom is -0.508 e. The van der Waals surface area contributed by atoms with Gasteiger partial charge in [0.1, 0.15) is 5.75 Å². The van der Waals surface area contributed by atoms with Crippen molar-refractivity contribution in [3.8, 4) is 5.75 Å². The molecule has 0 aromatic heterocycles. The molecule has 1 aromatic rings. The minimum atomic E-state index is -0.141. The molecule has 1 aromatic carbocycles. The average Bonchev–Trinajstić information content (AvgIpc) is 2.33. The van der Waals surface area contributed by atoms with E-state index >= 15 is 0 Å². The van der Waals surface area contributed by atoms with Crippen LogP contribution in [0.25, 0.3) is 0 Å². The van der Waals surface area contributed by atoms with Crippen molar-refractivity contribution in [3.63, 3.8) is 0 Å². The van der Waals surface area contributed by atoms with E-state index in [0.717, 1.165) is 13.0 Å². The number of phenols is 1. The van der Waals surface area contributed by atoms with E-state index in [1.54, 1.807) is 18.2 Å². The highest BCUT2D eigenvalue weighted by molar-refractivity contribution is 5.94. The molecule has 0 atom stereocenters. The number of rotatable bonds is 6. The first-order chi connectivity index (χ1) is 8.50. The van der Waals surface area contributed by atoms with Crippen molar-refractivity contribution in [1.82, 2.24) is 10.2 Å². The lowest BCUT2D eigenvalue weighted by atomic mass is 10.2. The molecule has 4 heteroatoms. The molecule has 0 spiro atoms. The Balaban J connectivity index is 2.30. The maximum Gasteiger partial charge on any atom is 0.251 e. The molecule has 1 amide bonds. The minimum absolute atomic E-state index is 0.113. The summed E-state index contributed by atoms with van der Waals surface area (Å²) >= 11 is 0. The lowest BCUT2D eigenvalue weighted by molar-refractivity contribution is 0.0951. The molecular weight excluding hydrogens is 228 g/mol. The van der Waals surface area contributed by atoms with E-state index in [1.165, 1.54) is 6.07 Å². The maximum atomic E-state index is 11.7. The van der Waals surface area contributed by atoms with Crippen molar-refractivity contribution in [2.24, 2.45) is 0 Å². The van der Waals surface area contributed by atoms with Crippen LogP contribution in [0, 0.1) is 0 Å². The number of carbonyl (C=O) groups is 1. The van der Waals surface area contributed by atoms with Crippen LogP contribution in [0.15, 0.2) is 24.3 Å². The Bertz CT molecular complexity index is 391. The lowest BCUT2D eigenvalue weighted by Gasteiger charge is -2.20. The van der Waals surface area contributed by atoms with E-state index in [1.807, 2.05) is 0 Å². The van der Waals surface area contributed by atoms with Crippen LogP contribution in [0.4, 0.5) is 0 Å². The Morgan fingerprint density at radius 3 is 2.78 bits per heavy atom. The topological polar surface area (TPSA) is 52.6 Å². The first-order valence-corrected chi connectivity index (χ1v) is 6.28. The van der Waals surface area contributed by atoms with Gasteiger partial charge in [0.2, 0.25) is 0 Å². The van der Waals surface area contributed by atoms with Crippen molar-refractivity contribution in [2.75, 3.05) is 20.1 Å². The van der Waals surface area contributed by atoms with Gasteiger partial charge in [-0.25, -0.2) is 0 Å². The van der Waals surface area contributed by atoms with Crippen molar-refractivity contribution in [1.29, 1.82) is 0 Å². The fourth-order valence-corrected chi connectivity index (χ4v) is 1.54. The monoisotopic (exact) mass is 250 g/mol. The number of aromatic hydroxyl groups is 1. The highest BCUT2D eigenvalue weighted by Crippen LogP contribution is 2.10. The second kappa shape index (κ2) is 7.01. The SMILES string of the molecule is CC(C)N(C)CCCNC(=O)c1cccc(O)c1. The summed E-state index contributed by atoms with van der Waals surface area (Å²) in [5.41, 5.74) is 0.493. The third-order valence-electron chi connectivity index (χ3n) is 2.96. The number of nitrogens with zero attached hydrogens (tertiary/aromatic N) is 1. The number of benzene rings is 1. The second-order valence-corrected chi connectivity index (χ2v) is 4.73. The predicted molar refractivity (Wildman–Crippen MR) is 72.8 cm³/mol. The van der Waals surface area contributed by atoms with Crippen LogP contribution in [0.5, 0.6) is 5.75 Å². The van der Waals surface area contributed by atoms with Crippen LogP contribution < -0.4 is 5.32 Å². The standard InChI is InChI=1S/C14H22N2O2/c1-11(2)16(3)9-5-8-15-14(18)12-6-4-7-13(17)10-12/h4,6-7,10-11,17H,5,8-9H2,1-3H3,(H,15,18). The molecule has 0 aliphatic carbocycles. The summed E-state index contributed by atoms with van der Waals surface area (Å²) in [6.07, 6.45) is 0.916. The van der Waals surface area contributed by atoms with E-state index in [4.69, 9.17) is 0 Å². The van der Waals surface area contributed by atoms with Gasteiger partial charge in [-0.2, -0.15) is 0 Å². The zero-order chi connectivity index (χ0) is 13.5. The molecule has 0 unspecified atom stereocenters. The molecule has 4 nitrogen and oxygen atoms in total. The largest absolute Gasteiger partial charge is 0.508 e. The van der Waals surface area contributed by atoms with Gasteiger partial charge in [0.25, 0.3) is 5.91 Å². The van der Waals surface area contributed by atoms with E-state index in [-0.39, 0.29) is 11.7 Å². The van der Waals surface area contributed by atoms with Crippen molar-refractivity contribution >= 4 is 5.91 Å². The maximum absolute atomic E-state index is 11.7. The normalized spacial score (nSPS) is 10.9.